The zero-order valence-electron chi connectivity index (χ0n) is 20.0. The standard InChI is InChI=1S/C30H26N2O2S/c1-20-14-16-25(17-15-20)32-21(2)18-26(22(32)3)27(33)19-35-30-31-28(23-10-6-4-7-11-23)29(34-30)24-12-8-5-9-13-24/h4-18H,19H2,1-3H3. The second-order valence-corrected chi connectivity index (χ2v) is 9.48. The largest absolute Gasteiger partial charge is 0.431 e. The van der Waals surface area contributed by atoms with Crippen LogP contribution >= 0.6 is 11.8 Å². The van der Waals surface area contributed by atoms with E-state index < -0.39 is 0 Å². The van der Waals surface area contributed by atoms with Crippen LogP contribution in [0.2, 0.25) is 0 Å². The third-order valence-electron chi connectivity index (χ3n) is 6.04. The maximum Gasteiger partial charge on any atom is 0.257 e. The maximum atomic E-state index is 13.2. The molecule has 0 amide bonds. The number of hydrogen-bond donors (Lipinski definition) is 0. The van der Waals surface area contributed by atoms with Gasteiger partial charge in [-0.2, -0.15) is 0 Å². The molecule has 0 fully saturated rings. The first-order valence-electron chi connectivity index (χ1n) is 11.5. The van der Waals surface area contributed by atoms with E-state index in [1.54, 1.807) is 0 Å². The van der Waals surface area contributed by atoms with E-state index in [-0.39, 0.29) is 11.5 Å². The van der Waals surface area contributed by atoms with E-state index in [1.807, 2.05) is 80.6 Å². The Labute approximate surface area is 209 Å². The quantitative estimate of drug-likeness (QED) is 0.178. The van der Waals surface area contributed by atoms with Gasteiger partial charge in [-0.05, 0) is 39.0 Å². The van der Waals surface area contributed by atoms with Gasteiger partial charge in [0.2, 0.25) is 0 Å². The molecule has 2 heterocycles. The van der Waals surface area contributed by atoms with E-state index >= 15 is 0 Å². The van der Waals surface area contributed by atoms with Gasteiger partial charge in [0, 0.05) is 33.8 Å². The summed E-state index contributed by atoms with van der Waals surface area (Å²) >= 11 is 1.33. The lowest BCUT2D eigenvalue weighted by molar-refractivity contribution is 0.102. The number of aromatic nitrogens is 2. The molecule has 0 spiro atoms. The summed E-state index contributed by atoms with van der Waals surface area (Å²) < 4.78 is 8.30. The molecule has 0 saturated heterocycles. The molecule has 0 radical (unpaired) electrons. The van der Waals surface area contributed by atoms with E-state index in [0.717, 1.165) is 39.5 Å². The van der Waals surface area contributed by atoms with Crippen LogP contribution in [-0.4, -0.2) is 21.1 Å². The summed E-state index contributed by atoms with van der Waals surface area (Å²) in [6.45, 7) is 6.10. The molecule has 5 aromatic rings. The van der Waals surface area contributed by atoms with Gasteiger partial charge >= 0.3 is 0 Å². The third kappa shape index (κ3) is 4.73. The second-order valence-electron chi connectivity index (χ2n) is 8.56. The minimum Gasteiger partial charge on any atom is -0.431 e. The summed E-state index contributed by atoms with van der Waals surface area (Å²) in [5.41, 5.74) is 7.70. The van der Waals surface area contributed by atoms with Crippen molar-refractivity contribution in [3.05, 3.63) is 114 Å². The highest BCUT2D eigenvalue weighted by Gasteiger charge is 2.20. The first-order valence-corrected chi connectivity index (χ1v) is 12.5. The molecule has 0 N–H and O–H groups in total. The van der Waals surface area contributed by atoms with Gasteiger partial charge in [-0.25, -0.2) is 4.98 Å². The smallest absolute Gasteiger partial charge is 0.257 e. The molecule has 5 rings (SSSR count). The molecule has 0 aliphatic carbocycles. The SMILES string of the molecule is Cc1ccc(-n2c(C)cc(C(=O)CSc3nc(-c4ccccc4)c(-c4ccccc4)o3)c2C)cc1. The van der Waals surface area contributed by atoms with Crippen LogP contribution in [0, 0.1) is 20.8 Å². The van der Waals surface area contributed by atoms with Gasteiger partial charge in [0.1, 0.15) is 5.69 Å². The van der Waals surface area contributed by atoms with Gasteiger partial charge in [0.25, 0.3) is 5.22 Å². The maximum absolute atomic E-state index is 13.2. The van der Waals surface area contributed by atoms with Crippen molar-refractivity contribution < 1.29 is 9.21 Å². The van der Waals surface area contributed by atoms with E-state index in [4.69, 9.17) is 9.40 Å². The van der Waals surface area contributed by atoms with Crippen molar-refractivity contribution in [1.82, 2.24) is 9.55 Å². The highest BCUT2D eigenvalue weighted by Crippen LogP contribution is 2.36. The monoisotopic (exact) mass is 478 g/mol. The number of rotatable bonds is 7. The zero-order chi connectivity index (χ0) is 24.4. The Morgan fingerprint density at radius 2 is 1.49 bits per heavy atom. The molecule has 0 saturated carbocycles. The van der Waals surface area contributed by atoms with Gasteiger partial charge < -0.3 is 8.98 Å². The number of aryl methyl sites for hydroxylation is 2. The Kier molecular flexibility index (Phi) is 6.43. The summed E-state index contributed by atoms with van der Waals surface area (Å²) in [7, 11) is 0. The van der Waals surface area contributed by atoms with Crippen LogP contribution in [0.25, 0.3) is 28.3 Å². The first-order chi connectivity index (χ1) is 17.0. The van der Waals surface area contributed by atoms with E-state index in [1.165, 1.54) is 17.3 Å². The summed E-state index contributed by atoms with van der Waals surface area (Å²) in [5.74, 6) is 1.02. The lowest BCUT2D eigenvalue weighted by Crippen LogP contribution is -2.05. The van der Waals surface area contributed by atoms with Crippen LogP contribution in [0.4, 0.5) is 0 Å². The molecule has 5 heteroatoms. The molecule has 35 heavy (non-hydrogen) atoms. The average Bonchev–Trinajstić information content (AvgIpc) is 3.45. The van der Waals surface area contributed by atoms with Crippen LogP contribution in [0.5, 0.6) is 0 Å². The Balaban J connectivity index is 1.40. The lowest BCUT2D eigenvalue weighted by atomic mass is 10.1. The van der Waals surface area contributed by atoms with Crippen molar-refractivity contribution in [3.63, 3.8) is 0 Å². The minimum atomic E-state index is 0.0576. The molecule has 0 aliphatic rings. The van der Waals surface area contributed by atoms with E-state index in [0.29, 0.717) is 11.0 Å². The normalized spacial score (nSPS) is 11.1. The average molecular weight is 479 g/mol. The van der Waals surface area contributed by atoms with Crippen LogP contribution in [0.3, 0.4) is 0 Å². The van der Waals surface area contributed by atoms with E-state index in [2.05, 4.69) is 35.8 Å². The number of nitrogens with zero attached hydrogens (tertiary/aromatic N) is 2. The molecule has 174 valence electrons. The number of oxazole rings is 1. The predicted octanol–water partition coefficient (Wildman–Crippen LogP) is 7.70. The molecule has 0 unspecified atom stereocenters. The molecule has 0 aliphatic heterocycles. The Morgan fingerprint density at radius 1 is 0.857 bits per heavy atom. The minimum absolute atomic E-state index is 0.0576. The molecule has 0 atom stereocenters. The van der Waals surface area contributed by atoms with Crippen LogP contribution in [0.1, 0.15) is 27.3 Å². The van der Waals surface area contributed by atoms with Crippen LogP contribution < -0.4 is 0 Å². The number of hydrogen-bond acceptors (Lipinski definition) is 4. The highest BCUT2D eigenvalue weighted by molar-refractivity contribution is 7.99. The Bertz CT molecular complexity index is 1410. The third-order valence-corrected chi connectivity index (χ3v) is 6.87. The highest BCUT2D eigenvalue weighted by atomic mass is 32.2. The number of benzene rings is 3. The Hall–Kier alpha value is -3.83. The summed E-state index contributed by atoms with van der Waals surface area (Å²) in [5, 5.41) is 0.489. The van der Waals surface area contributed by atoms with Gasteiger partial charge in [-0.1, -0.05) is 90.1 Å². The van der Waals surface area contributed by atoms with Crippen molar-refractivity contribution in [3.8, 4) is 28.3 Å². The summed E-state index contributed by atoms with van der Waals surface area (Å²) in [6.07, 6.45) is 0. The summed E-state index contributed by atoms with van der Waals surface area (Å²) in [6, 6.07) is 30.2. The number of ketones is 1. The van der Waals surface area contributed by atoms with Gasteiger partial charge in [0.05, 0.1) is 5.75 Å². The fraction of sp³-hybridized carbons (Fsp3) is 0.133. The van der Waals surface area contributed by atoms with E-state index in [9.17, 15) is 4.79 Å². The number of Topliss-reactive ketones (excluding diaryl/α,β-unsaturated/α-hetero) is 1. The van der Waals surface area contributed by atoms with Crippen LogP contribution in [0.15, 0.2) is 101 Å². The van der Waals surface area contributed by atoms with Crippen molar-refractivity contribution in [2.75, 3.05) is 5.75 Å². The molecular weight excluding hydrogens is 452 g/mol. The second kappa shape index (κ2) is 9.80. The number of carbonyl (C=O) groups is 1. The van der Waals surface area contributed by atoms with Crippen molar-refractivity contribution in [2.24, 2.45) is 0 Å². The van der Waals surface area contributed by atoms with Crippen molar-refractivity contribution >= 4 is 17.5 Å². The molecule has 2 aromatic heterocycles. The predicted molar refractivity (Wildman–Crippen MR) is 142 cm³/mol. The summed E-state index contributed by atoms with van der Waals surface area (Å²) in [4.78, 5) is 18.0. The topological polar surface area (TPSA) is 48.0 Å². The molecular formula is C30H26N2O2S. The van der Waals surface area contributed by atoms with Crippen LogP contribution in [-0.2, 0) is 0 Å². The Morgan fingerprint density at radius 3 is 2.14 bits per heavy atom. The van der Waals surface area contributed by atoms with Crippen molar-refractivity contribution in [2.45, 2.75) is 26.0 Å². The first kappa shape index (κ1) is 22.9. The van der Waals surface area contributed by atoms with Crippen molar-refractivity contribution in [1.29, 1.82) is 0 Å². The molecule has 0 bridgehead atoms. The fourth-order valence-electron chi connectivity index (χ4n) is 4.28. The number of carbonyl (C=O) groups excluding carboxylic acids is 1. The molecule has 3 aromatic carbocycles. The van der Waals surface area contributed by atoms with Gasteiger partial charge in [0.15, 0.2) is 11.5 Å². The molecule has 4 nitrogen and oxygen atoms in total. The zero-order valence-corrected chi connectivity index (χ0v) is 20.8. The number of thioether (sulfide) groups is 1. The van der Waals surface area contributed by atoms with Gasteiger partial charge in [-0.3, -0.25) is 4.79 Å². The fourth-order valence-corrected chi connectivity index (χ4v) is 4.99. The van der Waals surface area contributed by atoms with Gasteiger partial charge in [-0.15, -0.1) is 0 Å². The lowest BCUT2D eigenvalue weighted by Gasteiger charge is -2.10.